The van der Waals surface area contributed by atoms with E-state index in [4.69, 9.17) is 5.73 Å². The molecule has 0 saturated carbocycles. The summed E-state index contributed by atoms with van der Waals surface area (Å²) in [5.74, 6) is 0. The molecule has 0 amide bonds. The molecule has 2 heteroatoms. The first-order valence-corrected chi connectivity index (χ1v) is 4.45. The summed E-state index contributed by atoms with van der Waals surface area (Å²) in [7, 11) is 0. The van der Waals surface area contributed by atoms with Crippen molar-refractivity contribution in [3.8, 4) is 0 Å². The lowest BCUT2D eigenvalue weighted by atomic mass is 10.1. The monoisotopic (exact) mass is 162 g/mol. The van der Waals surface area contributed by atoms with Crippen molar-refractivity contribution in [2.45, 2.75) is 18.9 Å². The Bertz CT molecular complexity index is 264. The Morgan fingerprint density at radius 2 is 2.33 bits per heavy atom. The fraction of sp³-hybridized carbons (Fsp3) is 0.400. The SMILES string of the molecule is Nc1cccc([C@@H]2CCCN2)c1. The second kappa shape index (κ2) is 3.15. The first-order chi connectivity index (χ1) is 5.86. The molecule has 12 heavy (non-hydrogen) atoms. The Labute approximate surface area is 72.8 Å². The molecule has 2 rings (SSSR count). The van der Waals surface area contributed by atoms with Crippen molar-refractivity contribution in [2.75, 3.05) is 12.3 Å². The van der Waals surface area contributed by atoms with Crippen LogP contribution in [0.15, 0.2) is 24.3 Å². The van der Waals surface area contributed by atoms with E-state index in [0.717, 1.165) is 12.2 Å². The fourth-order valence-corrected chi connectivity index (χ4v) is 1.74. The minimum absolute atomic E-state index is 0.536. The van der Waals surface area contributed by atoms with Crippen LogP contribution in [0.2, 0.25) is 0 Å². The molecule has 1 heterocycles. The summed E-state index contributed by atoms with van der Waals surface area (Å²) in [4.78, 5) is 0. The summed E-state index contributed by atoms with van der Waals surface area (Å²) in [6.45, 7) is 1.14. The third-order valence-electron chi connectivity index (χ3n) is 2.37. The van der Waals surface area contributed by atoms with Gasteiger partial charge in [0.05, 0.1) is 0 Å². The molecule has 0 bridgehead atoms. The number of nitrogens with two attached hydrogens (primary N) is 1. The molecule has 0 aromatic heterocycles. The molecule has 1 aliphatic rings. The highest BCUT2D eigenvalue weighted by atomic mass is 14.9. The van der Waals surface area contributed by atoms with E-state index in [1.54, 1.807) is 0 Å². The molecule has 1 aliphatic heterocycles. The first kappa shape index (κ1) is 7.62. The summed E-state index contributed by atoms with van der Waals surface area (Å²) in [6, 6.07) is 8.68. The third kappa shape index (κ3) is 1.43. The van der Waals surface area contributed by atoms with Gasteiger partial charge in [0, 0.05) is 11.7 Å². The highest BCUT2D eigenvalue weighted by Gasteiger charge is 2.15. The minimum Gasteiger partial charge on any atom is -0.399 e. The summed E-state index contributed by atoms with van der Waals surface area (Å²) >= 11 is 0. The predicted molar refractivity (Wildman–Crippen MR) is 50.8 cm³/mol. The van der Waals surface area contributed by atoms with Gasteiger partial charge in [-0.2, -0.15) is 0 Å². The standard InChI is InChI=1S/C10H14N2/c11-9-4-1-3-8(7-9)10-5-2-6-12-10/h1,3-4,7,10,12H,2,5-6,11H2/t10-/m0/s1. The number of rotatable bonds is 1. The summed E-state index contributed by atoms with van der Waals surface area (Å²) < 4.78 is 0. The zero-order valence-electron chi connectivity index (χ0n) is 7.09. The predicted octanol–water partition coefficient (Wildman–Crippen LogP) is 1.69. The van der Waals surface area contributed by atoms with Gasteiger partial charge in [0.2, 0.25) is 0 Å². The van der Waals surface area contributed by atoms with E-state index in [1.165, 1.54) is 18.4 Å². The lowest BCUT2D eigenvalue weighted by Gasteiger charge is -2.10. The maximum Gasteiger partial charge on any atom is 0.0321 e. The average molecular weight is 162 g/mol. The summed E-state index contributed by atoms with van der Waals surface area (Å²) in [6.07, 6.45) is 2.52. The van der Waals surface area contributed by atoms with Crippen LogP contribution in [0.3, 0.4) is 0 Å². The van der Waals surface area contributed by atoms with E-state index >= 15 is 0 Å². The van der Waals surface area contributed by atoms with E-state index in [-0.39, 0.29) is 0 Å². The molecule has 1 aromatic carbocycles. The van der Waals surface area contributed by atoms with Crippen molar-refractivity contribution in [1.82, 2.24) is 5.32 Å². The van der Waals surface area contributed by atoms with Crippen LogP contribution < -0.4 is 11.1 Å². The van der Waals surface area contributed by atoms with Crippen molar-refractivity contribution in [1.29, 1.82) is 0 Å². The Morgan fingerprint density at radius 1 is 1.42 bits per heavy atom. The van der Waals surface area contributed by atoms with Crippen molar-refractivity contribution >= 4 is 5.69 Å². The number of benzene rings is 1. The normalized spacial score (nSPS) is 22.8. The van der Waals surface area contributed by atoms with Crippen LogP contribution in [0.5, 0.6) is 0 Å². The lowest BCUT2D eigenvalue weighted by Crippen LogP contribution is -2.12. The smallest absolute Gasteiger partial charge is 0.0321 e. The summed E-state index contributed by atoms with van der Waals surface area (Å²) in [5, 5.41) is 3.44. The van der Waals surface area contributed by atoms with Gasteiger partial charge in [-0.1, -0.05) is 12.1 Å². The maximum absolute atomic E-state index is 5.70. The van der Waals surface area contributed by atoms with Crippen LogP contribution in [-0.4, -0.2) is 6.54 Å². The van der Waals surface area contributed by atoms with Gasteiger partial charge >= 0.3 is 0 Å². The number of hydrogen-bond donors (Lipinski definition) is 2. The van der Waals surface area contributed by atoms with E-state index in [2.05, 4.69) is 17.4 Å². The van der Waals surface area contributed by atoms with E-state index in [1.807, 2.05) is 12.1 Å². The van der Waals surface area contributed by atoms with Crippen molar-refractivity contribution in [2.24, 2.45) is 0 Å². The Kier molecular flexibility index (Phi) is 2.00. The molecule has 0 aliphatic carbocycles. The second-order valence-electron chi connectivity index (χ2n) is 3.32. The van der Waals surface area contributed by atoms with Crippen LogP contribution in [0.1, 0.15) is 24.4 Å². The Balaban J connectivity index is 2.21. The quantitative estimate of drug-likeness (QED) is 0.617. The third-order valence-corrected chi connectivity index (χ3v) is 2.37. The number of nitrogen functional groups attached to an aromatic ring is 1. The first-order valence-electron chi connectivity index (χ1n) is 4.45. The molecule has 0 unspecified atom stereocenters. The fourth-order valence-electron chi connectivity index (χ4n) is 1.74. The molecule has 1 atom stereocenters. The zero-order chi connectivity index (χ0) is 8.39. The van der Waals surface area contributed by atoms with Gasteiger partial charge < -0.3 is 11.1 Å². The maximum atomic E-state index is 5.70. The van der Waals surface area contributed by atoms with Crippen molar-refractivity contribution < 1.29 is 0 Å². The number of nitrogens with one attached hydrogen (secondary N) is 1. The number of hydrogen-bond acceptors (Lipinski definition) is 2. The van der Waals surface area contributed by atoms with Crippen molar-refractivity contribution in [3.05, 3.63) is 29.8 Å². The highest BCUT2D eigenvalue weighted by molar-refractivity contribution is 5.41. The highest BCUT2D eigenvalue weighted by Crippen LogP contribution is 2.23. The van der Waals surface area contributed by atoms with Gasteiger partial charge in [0.1, 0.15) is 0 Å². The van der Waals surface area contributed by atoms with Crippen LogP contribution in [-0.2, 0) is 0 Å². The molecule has 1 aromatic rings. The molecule has 0 radical (unpaired) electrons. The largest absolute Gasteiger partial charge is 0.399 e. The molecule has 1 fully saturated rings. The van der Waals surface area contributed by atoms with Crippen LogP contribution in [0, 0.1) is 0 Å². The van der Waals surface area contributed by atoms with E-state index in [0.29, 0.717) is 6.04 Å². The zero-order valence-corrected chi connectivity index (χ0v) is 7.09. The molecule has 0 spiro atoms. The topological polar surface area (TPSA) is 38.0 Å². The molecular formula is C10H14N2. The van der Waals surface area contributed by atoms with Gasteiger partial charge in [-0.3, -0.25) is 0 Å². The molecule has 3 N–H and O–H groups in total. The Morgan fingerprint density at radius 3 is 3.00 bits per heavy atom. The van der Waals surface area contributed by atoms with Crippen molar-refractivity contribution in [3.63, 3.8) is 0 Å². The van der Waals surface area contributed by atoms with E-state index < -0.39 is 0 Å². The van der Waals surface area contributed by atoms with Gasteiger partial charge in [0.15, 0.2) is 0 Å². The van der Waals surface area contributed by atoms with Crippen LogP contribution >= 0.6 is 0 Å². The average Bonchev–Trinajstić information content (AvgIpc) is 2.56. The van der Waals surface area contributed by atoms with Gasteiger partial charge in [-0.25, -0.2) is 0 Å². The van der Waals surface area contributed by atoms with Gasteiger partial charge in [0.25, 0.3) is 0 Å². The van der Waals surface area contributed by atoms with Gasteiger partial charge in [-0.15, -0.1) is 0 Å². The molecule has 1 saturated heterocycles. The molecule has 2 nitrogen and oxygen atoms in total. The number of anilines is 1. The lowest BCUT2D eigenvalue weighted by molar-refractivity contribution is 0.648. The van der Waals surface area contributed by atoms with Gasteiger partial charge in [-0.05, 0) is 37.1 Å². The molecule has 64 valence electrons. The molecular weight excluding hydrogens is 148 g/mol. The Hall–Kier alpha value is -1.02. The van der Waals surface area contributed by atoms with Crippen LogP contribution in [0.4, 0.5) is 5.69 Å². The second-order valence-corrected chi connectivity index (χ2v) is 3.32. The summed E-state index contributed by atoms with van der Waals surface area (Å²) in [5.41, 5.74) is 7.89. The van der Waals surface area contributed by atoms with Crippen LogP contribution in [0.25, 0.3) is 0 Å². The minimum atomic E-state index is 0.536. The van der Waals surface area contributed by atoms with E-state index in [9.17, 15) is 0 Å².